The molecule has 5 heteroatoms. The number of ether oxygens (including phenoxy) is 1. The first-order chi connectivity index (χ1) is 19.6. The van der Waals surface area contributed by atoms with Crippen LogP contribution in [0.15, 0.2) is 115 Å². The van der Waals surface area contributed by atoms with Gasteiger partial charge in [-0.3, -0.25) is 9.58 Å². The molecule has 0 saturated heterocycles. The van der Waals surface area contributed by atoms with Crippen LogP contribution in [-0.4, -0.2) is 40.1 Å². The molecule has 0 bridgehead atoms. The van der Waals surface area contributed by atoms with Gasteiger partial charge < -0.3 is 4.74 Å². The molecule has 202 valence electrons. The first-order valence-corrected chi connectivity index (χ1v) is 13.8. The van der Waals surface area contributed by atoms with Crippen molar-refractivity contribution in [1.82, 2.24) is 19.9 Å². The summed E-state index contributed by atoms with van der Waals surface area (Å²) in [7, 11) is 4.00. The summed E-state index contributed by atoms with van der Waals surface area (Å²) in [6, 6.07) is 38.4. The van der Waals surface area contributed by atoms with Gasteiger partial charge in [0.05, 0.1) is 6.20 Å². The topological polar surface area (TPSA) is 43.2 Å². The molecule has 0 unspecified atom stereocenters. The fourth-order valence-electron chi connectivity index (χ4n) is 4.97. The number of hydrogen-bond acceptors (Lipinski definition) is 4. The summed E-state index contributed by atoms with van der Waals surface area (Å²) in [6.07, 6.45) is 2.87. The zero-order valence-corrected chi connectivity index (χ0v) is 23.5. The molecule has 1 heterocycles. The lowest BCUT2D eigenvalue weighted by Gasteiger charge is -2.18. The normalized spacial score (nSPS) is 11.9. The van der Waals surface area contributed by atoms with E-state index < -0.39 is 0 Å². The van der Waals surface area contributed by atoms with Crippen molar-refractivity contribution in [1.29, 1.82) is 0 Å². The van der Waals surface area contributed by atoms with Gasteiger partial charge in [-0.05, 0) is 59.0 Å². The Kier molecular flexibility index (Phi) is 8.84. The minimum absolute atomic E-state index is 0.624. The predicted octanol–water partition coefficient (Wildman–Crippen LogP) is 7.36. The van der Waals surface area contributed by atoms with E-state index in [1.54, 1.807) is 4.68 Å². The van der Waals surface area contributed by atoms with Gasteiger partial charge in [0.2, 0.25) is 0 Å². The Labute approximate surface area is 237 Å². The van der Waals surface area contributed by atoms with Crippen LogP contribution in [0.25, 0.3) is 22.4 Å². The Bertz CT molecular complexity index is 1520. The number of hydrogen-bond donors (Lipinski definition) is 0. The zero-order valence-electron chi connectivity index (χ0n) is 23.5. The van der Waals surface area contributed by atoms with Gasteiger partial charge in [0.15, 0.2) is 0 Å². The van der Waals surface area contributed by atoms with Crippen LogP contribution in [0, 0.1) is 0 Å². The van der Waals surface area contributed by atoms with Gasteiger partial charge in [0.25, 0.3) is 0 Å². The molecule has 0 N–H and O–H groups in total. The van der Waals surface area contributed by atoms with Gasteiger partial charge in [0, 0.05) is 25.7 Å². The molecule has 0 radical (unpaired) electrons. The fraction of sp³-hybridized carbons (Fsp3) is 0.200. The Hall–Kier alpha value is -4.48. The van der Waals surface area contributed by atoms with Crippen LogP contribution in [0.3, 0.4) is 0 Å². The lowest BCUT2D eigenvalue weighted by atomic mass is 9.88. The molecule has 0 aliphatic carbocycles. The highest BCUT2D eigenvalue weighted by molar-refractivity contribution is 5.98. The average Bonchev–Trinajstić information content (AvgIpc) is 3.44. The van der Waals surface area contributed by atoms with Gasteiger partial charge in [-0.2, -0.15) is 0 Å². The number of rotatable bonds is 11. The fourth-order valence-corrected chi connectivity index (χ4v) is 4.97. The number of likely N-dealkylation sites (N-methyl/N-ethyl adjacent to an activating group) is 1. The van der Waals surface area contributed by atoms with Crippen molar-refractivity contribution >= 4 is 11.1 Å². The Balaban J connectivity index is 1.22. The van der Waals surface area contributed by atoms with Crippen molar-refractivity contribution in [2.75, 3.05) is 20.2 Å². The molecule has 0 saturated carbocycles. The van der Waals surface area contributed by atoms with Crippen molar-refractivity contribution in [3.8, 4) is 17.0 Å². The van der Waals surface area contributed by atoms with Gasteiger partial charge in [-0.25, -0.2) is 0 Å². The zero-order chi connectivity index (χ0) is 27.7. The van der Waals surface area contributed by atoms with E-state index in [2.05, 4.69) is 138 Å². The number of benzene rings is 4. The SMILES string of the molecule is CC/C(=C(\c1ccccc1)c1ccc(OCCN(C)Cc2ccc(-c3cn(C)nn3)cc2)cc1)c1ccccc1. The van der Waals surface area contributed by atoms with E-state index in [1.165, 1.54) is 33.4 Å². The van der Waals surface area contributed by atoms with Crippen LogP contribution < -0.4 is 4.74 Å². The molecule has 5 nitrogen and oxygen atoms in total. The van der Waals surface area contributed by atoms with Crippen LogP contribution in [-0.2, 0) is 13.6 Å². The summed E-state index contributed by atoms with van der Waals surface area (Å²) in [5.41, 5.74) is 9.51. The van der Waals surface area contributed by atoms with E-state index in [1.807, 2.05) is 13.2 Å². The highest BCUT2D eigenvalue weighted by Gasteiger charge is 2.13. The second-order valence-electron chi connectivity index (χ2n) is 10.0. The number of allylic oxidation sites excluding steroid dienone is 1. The highest BCUT2D eigenvalue weighted by atomic mass is 16.5. The molecular formula is C35H36N4O. The highest BCUT2D eigenvalue weighted by Crippen LogP contribution is 2.34. The molecule has 0 atom stereocenters. The van der Waals surface area contributed by atoms with Crippen LogP contribution in [0.4, 0.5) is 0 Å². The second-order valence-corrected chi connectivity index (χ2v) is 10.0. The van der Waals surface area contributed by atoms with Crippen molar-refractivity contribution in [3.63, 3.8) is 0 Å². The molecule has 5 aromatic rings. The standard InChI is InChI=1S/C35H36N4O/c1-4-33(28-11-7-5-8-12-28)35(30-13-9-6-10-14-30)31-19-21-32(22-20-31)40-24-23-38(2)25-27-15-17-29(18-16-27)34-26-39(3)37-36-34/h5-22,26H,4,23-25H2,1-3H3/b35-33-. The molecule has 0 spiro atoms. The van der Waals surface area contributed by atoms with E-state index >= 15 is 0 Å². The second kappa shape index (κ2) is 13.0. The summed E-state index contributed by atoms with van der Waals surface area (Å²) >= 11 is 0. The smallest absolute Gasteiger partial charge is 0.119 e. The monoisotopic (exact) mass is 528 g/mol. The maximum atomic E-state index is 6.13. The quantitative estimate of drug-likeness (QED) is 0.168. The molecular weight excluding hydrogens is 492 g/mol. The molecule has 0 aliphatic heterocycles. The van der Waals surface area contributed by atoms with Crippen LogP contribution >= 0.6 is 0 Å². The van der Waals surface area contributed by atoms with Gasteiger partial charge in [-0.15, -0.1) is 5.10 Å². The predicted molar refractivity (Wildman–Crippen MR) is 164 cm³/mol. The number of aromatic nitrogens is 3. The van der Waals surface area contributed by atoms with Crippen molar-refractivity contribution in [3.05, 3.63) is 138 Å². The first kappa shape index (κ1) is 27.1. The molecule has 1 aromatic heterocycles. The average molecular weight is 529 g/mol. The van der Waals surface area contributed by atoms with Crippen molar-refractivity contribution < 1.29 is 4.74 Å². The Morgan fingerprint density at radius 3 is 2.00 bits per heavy atom. The van der Waals surface area contributed by atoms with E-state index in [0.29, 0.717) is 6.61 Å². The summed E-state index contributed by atoms with van der Waals surface area (Å²) in [5.74, 6) is 0.885. The third kappa shape index (κ3) is 6.74. The molecule has 0 aliphatic rings. The van der Waals surface area contributed by atoms with Crippen LogP contribution in [0.2, 0.25) is 0 Å². The number of aryl methyl sites for hydroxylation is 1. The number of nitrogens with zero attached hydrogens (tertiary/aromatic N) is 4. The Morgan fingerprint density at radius 2 is 1.40 bits per heavy atom. The lowest BCUT2D eigenvalue weighted by Crippen LogP contribution is -2.23. The van der Waals surface area contributed by atoms with Crippen molar-refractivity contribution in [2.24, 2.45) is 7.05 Å². The Morgan fingerprint density at radius 1 is 0.775 bits per heavy atom. The third-order valence-electron chi connectivity index (χ3n) is 7.03. The van der Waals surface area contributed by atoms with Crippen molar-refractivity contribution in [2.45, 2.75) is 19.9 Å². The van der Waals surface area contributed by atoms with E-state index in [0.717, 1.165) is 36.5 Å². The van der Waals surface area contributed by atoms with Gasteiger partial charge >= 0.3 is 0 Å². The summed E-state index contributed by atoms with van der Waals surface area (Å²) < 4.78 is 7.85. The minimum atomic E-state index is 0.624. The van der Waals surface area contributed by atoms with Crippen LogP contribution in [0.1, 0.15) is 35.6 Å². The maximum absolute atomic E-state index is 6.13. The lowest BCUT2D eigenvalue weighted by molar-refractivity contribution is 0.233. The molecule has 0 amide bonds. The van der Waals surface area contributed by atoms with E-state index in [9.17, 15) is 0 Å². The molecule has 40 heavy (non-hydrogen) atoms. The van der Waals surface area contributed by atoms with E-state index in [4.69, 9.17) is 4.74 Å². The minimum Gasteiger partial charge on any atom is -0.492 e. The van der Waals surface area contributed by atoms with Gasteiger partial charge in [0.1, 0.15) is 18.1 Å². The third-order valence-corrected chi connectivity index (χ3v) is 7.03. The summed E-state index contributed by atoms with van der Waals surface area (Å²) in [5, 5.41) is 8.20. The molecule has 4 aromatic carbocycles. The summed E-state index contributed by atoms with van der Waals surface area (Å²) in [4.78, 5) is 2.27. The van der Waals surface area contributed by atoms with E-state index in [-0.39, 0.29) is 0 Å². The first-order valence-electron chi connectivity index (χ1n) is 13.8. The summed E-state index contributed by atoms with van der Waals surface area (Å²) in [6.45, 7) is 4.54. The largest absolute Gasteiger partial charge is 0.492 e. The van der Waals surface area contributed by atoms with Gasteiger partial charge in [-0.1, -0.05) is 109 Å². The maximum Gasteiger partial charge on any atom is 0.119 e. The van der Waals surface area contributed by atoms with Crippen LogP contribution in [0.5, 0.6) is 5.75 Å². The molecule has 5 rings (SSSR count). The molecule has 0 fully saturated rings.